The van der Waals surface area contributed by atoms with Gasteiger partial charge in [0.25, 0.3) is 5.91 Å². The van der Waals surface area contributed by atoms with Crippen LogP contribution in [-0.4, -0.2) is 37.5 Å². The zero-order valence-electron chi connectivity index (χ0n) is 15.8. The van der Waals surface area contributed by atoms with E-state index in [2.05, 4.69) is 20.1 Å². The second kappa shape index (κ2) is 6.84. The van der Waals surface area contributed by atoms with Gasteiger partial charge in [-0.3, -0.25) is 4.79 Å². The largest absolute Gasteiger partial charge is 0.361 e. The van der Waals surface area contributed by atoms with Gasteiger partial charge in [0, 0.05) is 6.54 Å². The van der Waals surface area contributed by atoms with E-state index in [1.807, 2.05) is 38.7 Å². The zero-order chi connectivity index (χ0) is 19.1. The number of rotatable bonds is 3. The maximum atomic E-state index is 13.0. The summed E-state index contributed by atoms with van der Waals surface area (Å²) in [5.74, 6) is 1.44. The van der Waals surface area contributed by atoms with Crippen molar-refractivity contribution in [2.75, 3.05) is 6.54 Å². The number of nitrogens with zero attached hydrogens (tertiary/aromatic N) is 5. The highest BCUT2D eigenvalue weighted by Gasteiger charge is 2.33. The lowest BCUT2D eigenvalue weighted by Crippen LogP contribution is -2.31. The van der Waals surface area contributed by atoms with Crippen LogP contribution in [0.1, 0.15) is 57.2 Å². The molecule has 4 heterocycles. The number of hydrogen-bond acceptors (Lipinski definition) is 7. The molecule has 27 heavy (non-hydrogen) atoms. The zero-order valence-corrected chi connectivity index (χ0v) is 16.6. The van der Waals surface area contributed by atoms with Gasteiger partial charge in [-0.2, -0.15) is 0 Å². The lowest BCUT2D eigenvalue weighted by molar-refractivity contribution is 0.0736. The van der Waals surface area contributed by atoms with Crippen LogP contribution < -0.4 is 0 Å². The van der Waals surface area contributed by atoms with E-state index in [9.17, 15) is 4.79 Å². The van der Waals surface area contributed by atoms with Crippen molar-refractivity contribution >= 4 is 17.2 Å². The first kappa shape index (κ1) is 17.8. The number of aromatic nitrogens is 4. The minimum atomic E-state index is -0.0556. The Labute approximate surface area is 161 Å². The Morgan fingerprint density at radius 1 is 1.22 bits per heavy atom. The summed E-state index contributed by atoms with van der Waals surface area (Å²) in [4.78, 5) is 29.1. The van der Waals surface area contributed by atoms with Gasteiger partial charge in [0.05, 0.1) is 39.9 Å². The van der Waals surface area contributed by atoms with E-state index in [-0.39, 0.29) is 11.9 Å². The molecular weight excluding hydrogens is 362 g/mol. The molecular formula is C19H21N5O2S. The van der Waals surface area contributed by atoms with Gasteiger partial charge in [0.1, 0.15) is 16.5 Å². The molecule has 0 radical (unpaired) electrons. The second-order valence-corrected chi connectivity index (χ2v) is 7.70. The van der Waals surface area contributed by atoms with Crippen molar-refractivity contribution in [2.45, 2.75) is 46.6 Å². The number of likely N-dealkylation sites (tertiary alicyclic amines) is 1. The Kier molecular flexibility index (Phi) is 4.51. The van der Waals surface area contributed by atoms with Crippen LogP contribution in [0.3, 0.4) is 0 Å². The van der Waals surface area contributed by atoms with Gasteiger partial charge in [-0.05, 0) is 46.6 Å². The second-order valence-electron chi connectivity index (χ2n) is 6.85. The molecule has 0 saturated carbocycles. The fourth-order valence-electron chi connectivity index (χ4n) is 3.69. The van der Waals surface area contributed by atoms with Crippen molar-refractivity contribution < 1.29 is 9.32 Å². The van der Waals surface area contributed by atoms with Crippen LogP contribution >= 0.6 is 11.3 Å². The molecule has 0 aromatic carbocycles. The minimum absolute atomic E-state index is 0.0349. The number of amides is 1. The van der Waals surface area contributed by atoms with Crippen LogP contribution in [0.4, 0.5) is 0 Å². The van der Waals surface area contributed by atoms with Gasteiger partial charge in [-0.25, -0.2) is 15.0 Å². The predicted molar refractivity (Wildman–Crippen MR) is 102 cm³/mol. The van der Waals surface area contributed by atoms with Gasteiger partial charge in [0.15, 0.2) is 0 Å². The fourth-order valence-corrected chi connectivity index (χ4v) is 4.45. The first-order valence-electron chi connectivity index (χ1n) is 8.95. The van der Waals surface area contributed by atoms with Crippen molar-refractivity contribution in [3.8, 4) is 11.3 Å². The van der Waals surface area contributed by atoms with E-state index in [1.165, 1.54) is 11.3 Å². The highest BCUT2D eigenvalue weighted by Crippen LogP contribution is 2.35. The van der Waals surface area contributed by atoms with E-state index in [0.717, 1.165) is 53.5 Å². The molecule has 3 aromatic heterocycles. The Balaban J connectivity index is 1.72. The van der Waals surface area contributed by atoms with Crippen molar-refractivity contribution in [1.29, 1.82) is 0 Å². The molecule has 1 atom stereocenters. The summed E-state index contributed by atoms with van der Waals surface area (Å²) in [5.41, 5.74) is 5.86. The molecule has 0 unspecified atom stereocenters. The number of thiazole rings is 1. The van der Waals surface area contributed by atoms with Crippen LogP contribution in [0.2, 0.25) is 0 Å². The quantitative estimate of drug-likeness (QED) is 0.684. The molecule has 8 heteroatoms. The van der Waals surface area contributed by atoms with E-state index in [4.69, 9.17) is 4.52 Å². The SMILES string of the molecule is Cc1nc(-c2c(C)noc2C)cc([C@H]2CCCN2C(=O)c2scnc2C)n1. The summed E-state index contributed by atoms with van der Waals surface area (Å²) in [7, 11) is 0. The summed E-state index contributed by atoms with van der Waals surface area (Å²) in [6.45, 7) is 8.26. The van der Waals surface area contributed by atoms with E-state index < -0.39 is 0 Å². The lowest BCUT2D eigenvalue weighted by Gasteiger charge is -2.24. The van der Waals surface area contributed by atoms with Gasteiger partial charge in [0.2, 0.25) is 0 Å². The van der Waals surface area contributed by atoms with Crippen molar-refractivity contribution in [2.24, 2.45) is 0 Å². The number of aryl methyl sites for hydroxylation is 4. The van der Waals surface area contributed by atoms with Gasteiger partial charge < -0.3 is 9.42 Å². The maximum Gasteiger partial charge on any atom is 0.266 e. The molecule has 1 aliphatic heterocycles. The highest BCUT2D eigenvalue weighted by molar-refractivity contribution is 7.11. The van der Waals surface area contributed by atoms with Crippen molar-refractivity contribution in [3.63, 3.8) is 0 Å². The first-order chi connectivity index (χ1) is 13.0. The van der Waals surface area contributed by atoms with Crippen LogP contribution in [0, 0.1) is 27.7 Å². The normalized spacial score (nSPS) is 16.9. The van der Waals surface area contributed by atoms with Gasteiger partial charge in [-0.1, -0.05) is 5.16 Å². The molecule has 1 fully saturated rings. The van der Waals surface area contributed by atoms with Crippen molar-refractivity contribution in [3.05, 3.63) is 45.1 Å². The fraction of sp³-hybridized carbons (Fsp3) is 0.421. The van der Waals surface area contributed by atoms with Crippen LogP contribution in [-0.2, 0) is 0 Å². The molecule has 0 spiro atoms. The Morgan fingerprint density at radius 3 is 2.70 bits per heavy atom. The van der Waals surface area contributed by atoms with Crippen LogP contribution in [0.15, 0.2) is 16.1 Å². The van der Waals surface area contributed by atoms with Gasteiger partial charge >= 0.3 is 0 Å². The summed E-state index contributed by atoms with van der Waals surface area (Å²) in [6.07, 6.45) is 1.85. The average Bonchev–Trinajstić information content (AvgIpc) is 3.34. The summed E-state index contributed by atoms with van der Waals surface area (Å²) < 4.78 is 5.30. The minimum Gasteiger partial charge on any atom is -0.361 e. The average molecular weight is 383 g/mol. The number of carbonyl (C=O) groups excluding carboxylic acids is 1. The molecule has 1 amide bonds. The van der Waals surface area contributed by atoms with Crippen LogP contribution in [0.25, 0.3) is 11.3 Å². The standard InChI is InChI=1S/C19H21N5O2S/c1-10-17(12(3)26-23-10)15-8-14(21-13(4)22-15)16-6-5-7-24(16)19(25)18-11(2)20-9-27-18/h8-9,16H,5-7H2,1-4H3/t16-/m1/s1. The monoisotopic (exact) mass is 383 g/mol. The molecule has 0 bridgehead atoms. The molecule has 1 saturated heterocycles. The maximum absolute atomic E-state index is 13.0. The molecule has 1 aliphatic rings. The number of hydrogen-bond donors (Lipinski definition) is 0. The summed E-state index contributed by atoms with van der Waals surface area (Å²) >= 11 is 1.39. The Hall–Kier alpha value is -2.61. The van der Waals surface area contributed by atoms with E-state index in [0.29, 0.717) is 10.7 Å². The third-order valence-corrected chi connectivity index (χ3v) is 5.86. The van der Waals surface area contributed by atoms with Crippen molar-refractivity contribution in [1.82, 2.24) is 25.0 Å². The summed E-state index contributed by atoms with van der Waals surface area (Å²) in [6, 6.07) is 1.91. The molecule has 0 N–H and O–H groups in total. The third-order valence-electron chi connectivity index (χ3n) is 4.94. The molecule has 4 rings (SSSR count). The summed E-state index contributed by atoms with van der Waals surface area (Å²) in [5, 5.41) is 4.03. The van der Waals surface area contributed by atoms with Crippen LogP contribution in [0.5, 0.6) is 0 Å². The number of carbonyl (C=O) groups is 1. The molecule has 140 valence electrons. The molecule has 3 aromatic rings. The smallest absolute Gasteiger partial charge is 0.266 e. The lowest BCUT2D eigenvalue weighted by atomic mass is 10.1. The van der Waals surface area contributed by atoms with Gasteiger partial charge in [-0.15, -0.1) is 11.3 Å². The predicted octanol–water partition coefficient (Wildman–Crippen LogP) is 3.80. The molecule has 0 aliphatic carbocycles. The third kappa shape index (κ3) is 3.14. The molecule has 7 nitrogen and oxygen atoms in total. The van der Waals surface area contributed by atoms with E-state index >= 15 is 0 Å². The Bertz CT molecular complexity index is 990. The highest BCUT2D eigenvalue weighted by atomic mass is 32.1. The Morgan fingerprint density at radius 2 is 2.04 bits per heavy atom. The topological polar surface area (TPSA) is 85.0 Å². The van der Waals surface area contributed by atoms with E-state index in [1.54, 1.807) is 5.51 Å². The first-order valence-corrected chi connectivity index (χ1v) is 9.83.